The fourth-order valence-electron chi connectivity index (χ4n) is 1.64. The predicted molar refractivity (Wildman–Crippen MR) is 53.3 cm³/mol. The summed E-state index contributed by atoms with van der Waals surface area (Å²) in [7, 11) is 0. The van der Waals surface area contributed by atoms with Crippen molar-refractivity contribution in [2.24, 2.45) is 0 Å². The maximum Gasteiger partial charge on any atom is 0.224 e. The third kappa shape index (κ3) is 2.10. The van der Waals surface area contributed by atoms with E-state index in [-0.39, 0.29) is 11.3 Å². The van der Waals surface area contributed by atoms with E-state index >= 15 is 0 Å². The zero-order chi connectivity index (χ0) is 9.97. The molecule has 1 amide bonds. The van der Waals surface area contributed by atoms with E-state index in [9.17, 15) is 4.79 Å². The Labute approximate surface area is 87.6 Å². The van der Waals surface area contributed by atoms with Crippen LogP contribution in [0.15, 0.2) is 22.8 Å². The summed E-state index contributed by atoms with van der Waals surface area (Å²) in [5.41, 5.74) is 0. The number of alkyl halides is 1. The molecule has 1 unspecified atom stereocenters. The van der Waals surface area contributed by atoms with Crippen LogP contribution in [0.3, 0.4) is 0 Å². The number of carbonyl (C=O) groups is 1. The van der Waals surface area contributed by atoms with Crippen LogP contribution in [-0.4, -0.2) is 29.3 Å². The molecular weight excluding hydrogens is 202 g/mol. The highest BCUT2D eigenvalue weighted by molar-refractivity contribution is 6.22. The van der Waals surface area contributed by atoms with E-state index in [1.165, 1.54) is 0 Å². The monoisotopic (exact) mass is 213 g/mol. The molecule has 2 rings (SSSR count). The number of likely N-dealkylation sites (tertiary alicyclic amines) is 1. The van der Waals surface area contributed by atoms with Crippen molar-refractivity contribution in [3.63, 3.8) is 0 Å². The Hall–Kier alpha value is -0.960. The molecule has 76 valence electrons. The maximum absolute atomic E-state index is 11.4. The Morgan fingerprint density at radius 2 is 2.50 bits per heavy atom. The van der Waals surface area contributed by atoms with Crippen molar-refractivity contribution in [2.45, 2.75) is 18.2 Å². The molecule has 1 saturated heterocycles. The molecule has 0 N–H and O–H groups in total. The molecule has 1 aromatic heterocycles. The van der Waals surface area contributed by atoms with Crippen LogP contribution in [0.25, 0.3) is 0 Å². The number of amides is 1. The van der Waals surface area contributed by atoms with Gasteiger partial charge in [0.25, 0.3) is 0 Å². The van der Waals surface area contributed by atoms with Crippen molar-refractivity contribution in [1.82, 2.24) is 4.90 Å². The summed E-state index contributed by atoms with van der Waals surface area (Å²) in [5, 5.41) is -0.0147. The van der Waals surface area contributed by atoms with Gasteiger partial charge in [0.05, 0.1) is 11.6 Å². The number of nitrogens with zero attached hydrogens (tertiary/aromatic N) is 1. The van der Waals surface area contributed by atoms with E-state index in [0.717, 1.165) is 12.2 Å². The molecule has 0 aromatic carbocycles. The summed E-state index contributed by atoms with van der Waals surface area (Å²) in [4.78, 5) is 13.1. The second kappa shape index (κ2) is 4.05. The first-order valence-corrected chi connectivity index (χ1v) is 5.13. The zero-order valence-corrected chi connectivity index (χ0v) is 8.54. The maximum atomic E-state index is 11.4. The van der Waals surface area contributed by atoms with Gasteiger partial charge in [-0.25, -0.2) is 0 Å². The number of halogens is 1. The van der Waals surface area contributed by atoms with Gasteiger partial charge in [0.2, 0.25) is 5.91 Å². The lowest BCUT2D eigenvalue weighted by Crippen LogP contribution is -2.27. The SMILES string of the molecule is O=C1CC(Cl)CN1CCc1ccco1. The highest BCUT2D eigenvalue weighted by Crippen LogP contribution is 2.16. The van der Waals surface area contributed by atoms with Crippen molar-refractivity contribution in [3.05, 3.63) is 24.2 Å². The molecule has 1 aliphatic rings. The third-order valence-electron chi connectivity index (χ3n) is 2.38. The topological polar surface area (TPSA) is 33.5 Å². The van der Waals surface area contributed by atoms with Gasteiger partial charge in [-0.3, -0.25) is 4.79 Å². The van der Waals surface area contributed by atoms with Crippen molar-refractivity contribution in [1.29, 1.82) is 0 Å². The van der Waals surface area contributed by atoms with Crippen LogP contribution in [0.4, 0.5) is 0 Å². The Morgan fingerprint density at radius 1 is 1.64 bits per heavy atom. The van der Waals surface area contributed by atoms with Crippen molar-refractivity contribution in [3.8, 4) is 0 Å². The minimum Gasteiger partial charge on any atom is -0.469 e. The van der Waals surface area contributed by atoms with Crippen LogP contribution in [0, 0.1) is 0 Å². The average Bonchev–Trinajstić information content (AvgIpc) is 2.72. The average molecular weight is 214 g/mol. The molecule has 0 aliphatic carbocycles. The zero-order valence-electron chi connectivity index (χ0n) is 7.78. The van der Waals surface area contributed by atoms with Gasteiger partial charge >= 0.3 is 0 Å². The standard InChI is InChI=1S/C10H12ClNO2/c11-8-6-10(13)12(7-8)4-3-9-2-1-5-14-9/h1-2,5,8H,3-4,6-7H2. The number of rotatable bonds is 3. The summed E-state index contributed by atoms with van der Waals surface area (Å²) in [5.74, 6) is 1.06. The predicted octanol–water partition coefficient (Wildman–Crippen LogP) is 1.66. The van der Waals surface area contributed by atoms with Crippen LogP contribution in [0.2, 0.25) is 0 Å². The first-order valence-electron chi connectivity index (χ1n) is 4.70. The lowest BCUT2D eigenvalue weighted by molar-refractivity contribution is -0.127. The molecule has 3 nitrogen and oxygen atoms in total. The Kier molecular flexibility index (Phi) is 2.77. The van der Waals surface area contributed by atoms with Gasteiger partial charge in [0.15, 0.2) is 0 Å². The first kappa shape index (κ1) is 9.59. The van der Waals surface area contributed by atoms with Crippen LogP contribution in [0.1, 0.15) is 12.2 Å². The molecule has 1 fully saturated rings. The van der Waals surface area contributed by atoms with E-state index in [1.807, 2.05) is 12.1 Å². The quantitative estimate of drug-likeness (QED) is 0.716. The lowest BCUT2D eigenvalue weighted by Gasteiger charge is -2.14. The molecule has 1 aromatic rings. The van der Waals surface area contributed by atoms with Crippen molar-refractivity contribution in [2.75, 3.05) is 13.1 Å². The number of furan rings is 1. The molecule has 1 aliphatic heterocycles. The highest BCUT2D eigenvalue weighted by Gasteiger charge is 2.27. The van der Waals surface area contributed by atoms with Gasteiger partial charge in [0, 0.05) is 25.9 Å². The van der Waals surface area contributed by atoms with Gasteiger partial charge < -0.3 is 9.32 Å². The molecule has 1 atom stereocenters. The van der Waals surface area contributed by atoms with Crippen LogP contribution in [-0.2, 0) is 11.2 Å². The van der Waals surface area contributed by atoms with Crippen LogP contribution >= 0.6 is 11.6 Å². The molecule has 0 saturated carbocycles. The Balaban J connectivity index is 1.84. The van der Waals surface area contributed by atoms with Gasteiger partial charge in [-0.2, -0.15) is 0 Å². The fraction of sp³-hybridized carbons (Fsp3) is 0.500. The minimum absolute atomic E-state index is 0.0147. The Bertz CT molecular complexity index is 310. The van der Waals surface area contributed by atoms with E-state index in [1.54, 1.807) is 11.2 Å². The second-order valence-corrected chi connectivity index (χ2v) is 4.09. The van der Waals surface area contributed by atoms with Crippen LogP contribution < -0.4 is 0 Å². The van der Waals surface area contributed by atoms with Gasteiger partial charge in [-0.05, 0) is 12.1 Å². The lowest BCUT2D eigenvalue weighted by atomic mass is 10.3. The van der Waals surface area contributed by atoms with Gasteiger partial charge in [0.1, 0.15) is 5.76 Å². The molecular formula is C10H12ClNO2. The molecule has 2 heterocycles. The molecule has 0 radical (unpaired) electrons. The number of carbonyl (C=O) groups excluding carboxylic acids is 1. The summed E-state index contributed by atoms with van der Waals surface area (Å²) >= 11 is 5.88. The summed E-state index contributed by atoms with van der Waals surface area (Å²) in [6.45, 7) is 1.37. The molecule has 14 heavy (non-hydrogen) atoms. The summed E-state index contributed by atoms with van der Waals surface area (Å²) in [6, 6.07) is 3.77. The number of hydrogen-bond donors (Lipinski definition) is 0. The van der Waals surface area contributed by atoms with E-state index in [4.69, 9.17) is 16.0 Å². The normalized spacial score (nSPS) is 21.9. The minimum atomic E-state index is -0.0147. The summed E-state index contributed by atoms with van der Waals surface area (Å²) < 4.78 is 5.18. The highest BCUT2D eigenvalue weighted by atomic mass is 35.5. The van der Waals surface area contributed by atoms with E-state index in [0.29, 0.717) is 19.5 Å². The van der Waals surface area contributed by atoms with E-state index in [2.05, 4.69) is 0 Å². The largest absolute Gasteiger partial charge is 0.469 e. The molecule has 0 spiro atoms. The van der Waals surface area contributed by atoms with Gasteiger partial charge in [-0.1, -0.05) is 0 Å². The smallest absolute Gasteiger partial charge is 0.224 e. The van der Waals surface area contributed by atoms with Gasteiger partial charge in [-0.15, -0.1) is 11.6 Å². The number of hydrogen-bond acceptors (Lipinski definition) is 2. The van der Waals surface area contributed by atoms with Crippen molar-refractivity contribution < 1.29 is 9.21 Å². The molecule has 0 bridgehead atoms. The van der Waals surface area contributed by atoms with Crippen molar-refractivity contribution >= 4 is 17.5 Å². The van der Waals surface area contributed by atoms with E-state index < -0.39 is 0 Å². The third-order valence-corrected chi connectivity index (χ3v) is 2.67. The fourth-order valence-corrected chi connectivity index (χ4v) is 1.94. The molecule has 4 heteroatoms. The Morgan fingerprint density at radius 3 is 3.07 bits per heavy atom. The van der Waals surface area contributed by atoms with Crippen LogP contribution in [0.5, 0.6) is 0 Å². The first-order chi connectivity index (χ1) is 6.75. The summed E-state index contributed by atoms with van der Waals surface area (Å²) in [6.07, 6.45) is 2.88. The second-order valence-electron chi connectivity index (χ2n) is 3.47.